The van der Waals surface area contributed by atoms with Crippen molar-refractivity contribution >= 4 is 17.5 Å². The second kappa shape index (κ2) is 6.52. The first-order valence-corrected chi connectivity index (χ1v) is 7.75. The van der Waals surface area contributed by atoms with Gasteiger partial charge in [-0.05, 0) is 42.7 Å². The van der Waals surface area contributed by atoms with Gasteiger partial charge in [0.2, 0.25) is 0 Å². The minimum atomic E-state index is -0.209. The molecule has 0 aliphatic heterocycles. The summed E-state index contributed by atoms with van der Waals surface area (Å²) in [6.45, 7) is 6.84. The predicted octanol–water partition coefficient (Wildman–Crippen LogP) is 4.30. The van der Waals surface area contributed by atoms with Crippen LogP contribution < -0.4 is 10.9 Å². The molecule has 0 heterocycles. The molecular weight excluding hydrogens is 284 g/mol. The molecule has 0 spiro atoms. The number of carbonyl (C=O) groups is 1. The Bertz CT molecular complexity index is 546. The van der Waals surface area contributed by atoms with E-state index in [1.54, 1.807) is 18.2 Å². The number of halogens is 1. The molecule has 3 nitrogen and oxygen atoms in total. The highest BCUT2D eigenvalue weighted by molar-refractivity contribution is 6.33. The van der Waals surface area contributed by atoms with Gasteiger partial charge >= 0.3 is 0 Å². The summed E-state index contributed by atoms with van der Waals surface area (Å²) in [4.78, 5) is 12.0. The van der Waals surface area contributed by atoms with E-state index < -0.39 is 0 Å². The molecule has 0 bridgehead atoms. The third-order valence-electron chi connectivity index (χ3n) is 4.09. The van der Waals surface area contributed by atoms with Crippen LogP contribution >= 0.6 is 11.6 Å². The molecule has 0 saturated carbocycles. The molecule has 1 atom stereocenters. The highest BCUT2D eigenvalue weighted by atomic mass is 35.5. The van der Waals surface area contributed by atoms with Crippen molar-refractivity contribution in [3.05, 3.63) is 46.6 Å². The fourth-order valence-electron chi connectivity index (χ4n) is 2.58. The lowest BCUT2D eigenvalue weighted by Gasteiger charge is -2.33. The van der Waals surface area contributed by atoms with Crippen molar-refractivity contribution in [2.45, 2.75) is 40.0 Å². The zero-order chi connectivity index (χ0) is 15.5. The van der Waals surface area contributed by atoms with Gasteiger partial charge in [0, 0.05) is 5.70 Å². The molecule has 21 heavy (non-hydrogen) atoms. The van der Waals surface area contributed by atoms with E-state index in [9.17, 15) is 4.79 Å². The van der Waals surface area contributed by atoms with E-state index in [0.717, 1.165) is 25.0 Å². The lowest BCUT2D eigenvalue weighted by Crippen LogP contribution is -2.38. The van der Waals surface area contributed by atoms with E-state index in [2.05, 4.69) is 37.7 Å². The summed E-state index contributed by atoms with van der Waals surface area (Å²) in [6, 6.07) is 7.03. The average molecular weight is 307 g/mol. The molecule has 1 amide bonds. The smallest absolute Gasteiger partial charge is 0.271 e. The van der Waals surface area contributed by atoms with Crippen LogP contribution in [0, 0.1) is 11.3 Å². The summed E-state index contributed by atoms with van der Waals surface area (Å²) in [6.07, 6.45) is 5.34. The second-order valence-corrected chi connectivity index (χ2v) is 7.03. The van der Waals surface area contributed by atoms with E-state index in [1.807, 2.05) is 6.07 Å². The number of carbonyl (C=O) groups excluding carboxylic acids is 1. The lowest BCUT2D eigenvalue weighted by atomic mass is 9.74. The Morgan fingerprint density at radius 1 is 1.29 bits per heavy atom. The highest BCUT2D eigenvalue weighted by Crippen LogP contribution is 2.36. The maximum Gasteiger partial charge on any atom is 0.271 e. The van der Waals surface area contributed by atoms with Crippen LogP contribution in [0.1, 0.15) is 50.4 Å². The highest BCUT2D eigenvalue weighted by Gasteiger charge is 2.26. The monoisotopic (exact) mass is 306 g/mol. The minimum Gasteiger partial charge on any atom is -0.303 e. The van der Waals surface area contributed by atoms with Crippen molar-refractivity contribution in [3.8, 4) is 0 Å². The van der Waals surface area contributed by atoms with Crippen LogP contribution in [0.2, 0.25) is 5.02 Å². The standard InChI is InChI=1S/C17H23ClN2O/c1-17(2,3)12-8-10-13(11-9-12)19-20-16(21)14-6-4-5-7-15(14)18/h4-7,10,12,19H,8-9,11H2,1-3H3,(H,20,21)/t12-/m1/s1. The summed E-state index contributed by atoms with van der Waals surface area (Å²) >= 11 is 6.01. The summed E-state index contributed by atoms with van der Waals surface area (Å²) in [5.74, 6) is 0.488. The first-order valence-electron chi connectivity index (χ1n) is 7.38. The van der Waals surface area contributed by atoms with E-state index in [4.69, 9.17) is 11.6 Å². The minimum absolute atomic E-state index is 0.209. The maximum absolute atomic E-state index is 12.0. The van der Waals surface area contributed by atoms with Gasteiger partial charge in [0.25, 0.3) is 5.91 Å². The third kappa shape index (κ3) is 4.24. The largest absolute Gasteiger partial charge is 0.303 e. The Kier molecular flexibility index (Phi) is 4.94. The van der Waals surface area contributed by atoms with Gasteiger partial charge in [-0.15, -0.1) is 0 Å². The molecule has 2 N–H and O–H groups in total. The molecule has 1 aromatic rings. The van der Waals surface area contributed by atoms with Crippen molar-refractivity contribution in [1.29, 1.82) is 0 Å². The van der Waals surface area contributed by atoms with Crippen LogP contribution in [0.3, 0.4) is 0 Å². The Labute approximate surface area is 131 Å². The van der Waals surface area contributed by atoms with Crippen LogP contribution in [0.25, 0.3) is 0 Å². The number of hydrogen-bond acceptors (Lipinski definition) is 2. The van der Waals surface area contributed by atoms with Crippen molar-refractivity contribution in [2.75, 3.05) is 0 Å². The molecule has 1 aliphatic carbocycles. The fourth-order valence-corrected chi connectivity index (χ4v) is 2.81. The van der Waals surface area contributed by atoms with Crippen LogP contribution in [0.5, 0.6) is 0 Å². The van der Waals surface area contributed by atoms with Crippen LogP contribution in [0.15, 0.2) is 36.0 Å². The summed E-state index contributed by atoms with van der Waals surface area (Å²) in [5.41, 5.74) is 7.64. The molecule has 2 rings (SSSR count). The van der Waals surface area contributed by atoms with Gasteiger partial charge in [-0.25, -0.2) is 0 Å². The number of benzene rings is 1. The number of rotatable bonds is 3. The van der Waals surface area contributed by atoms with Gasteiger partial charge in [0.05, 0.1) is 10.6 Å². The normalized spacial score (nSPS) is 18.9. The SMILES string of the molecule is CC(C)(C)[C@@H]1CC=C(NNC(=O)c2ccccc2Cl)CC1. The van der Waals surface area contributed by atoms with Gasteiger partial charge in [0.15, 0.2) is 0 Å². The zero-order valence-electron chi connectivity index (χ0n) is 12.9. The van der Waals surface area contributed by atoms with Crippen molar-refractivity contribution < 1.29 is 4.79 Å². The summed E-state index contributed by atoms with van der Waals surface area (Å²) in [5, 5.41) is 0.460. The number of hydrazine groups is 1. The van der Waals surface area contributed by atoms with Crippen LogP contribution in [0.4, 0.5) is 0 Å². The fraction of sp³-hybridized carbons (Fsp3) is 0.471. The van der Waals surface area contributed by atoms with Crippen LogP contribution in [-0.2, 0) is 0 Å². The van der Waals surface area contributed by atoms with Crippen molar-refractivity contribution in [3.63, 3.8) is 0 Å². The Hall–Kier alpha value is -1.48. The van der Waals surface area contributed by atoms with Crippen molar-refractivity contribution in [2.24, 2.45) is 11.3 Å². The Balaban J connectivity index is 1.89. The molecule has 0 saturated heterocycles. The van der Waals surface area contributed by atoms with Gasteiger partial charge in [-0.2, -0.15) is 0 Å². The number of allylic oxidation sites excluding steroid dienone is 2. The molecular formula is C17H23ClN2O. The molecule has 1 aliphatic rings. The van der Waals surface area contributed by atoms with E-state index in [-0.39, 0.29) is 5.91 Å². The lowest BCUT2D eigenvalue weighted by molar-refractivity contribution is 0.0937. The molecule has 114 valence electrons. The average Bonchev–Trinajstić information content (AvgIpc) is 2.45. The molecule has 0 unspecified atom stereocenters. The Morgan fingerprint density at radius 3 is 2.57 bits per heavy atom. The number of amides is 1. The predicted molar refractivity (Wildman–Crippen MR) is 86.9 cm³/mol. The van der Waals surface area contributed by atoms with Crippen LogP contribution in [-0.4, -0.2) is 5.91 Å². The van der Waals surface area contributed by atoms with E-state index >= 15 is 0 Å². The molecule has 0 aromatic heterocycles. The van der Waals surface area contributed by atoms with Gasteiger partial charge in [-0.1, -0.05) is 50.6 Å². The van der Waals surface area contributed by atoms with E-state index in [0.29, 0.717) is 21.9 Å². The first-order chi connectivity index (χ1) is 9.88. The maximum atomic E-state index is 12.0. The van der Waals surface area contributed by atoms with Gasteiger partial charge in [0.1, 0.15) is 0 Å². The van der Waals surface area contributed by atoms with Gasteiger partial charge < -0.3 is 5.43 Å². The summed E-state index contributed by atoms with van der Waals surface area (Å²) < 4.78 is 0. The third-order valence-corrected chi connectivity index (χ3v) is 4.42. The number of hydrogen-bond donors (Lipinski definition) is 2. The summed E-state index contributed by atoms with van der Waals surface area (Å²) in [7, 11) is 0. The topological polar surface area (TPSA) is 41.1 Å². The number of nitrogens with one attached hydrogen (secondary N) is 2. The molecule has 0 fully saturated rings. The quantitative estimate of drug-likeness (QED) is 0.817. The second-order valence-electron chi connectivity index (χ2n) is 6.63. The molecule has 0 radical (unpaired) electrons. The Morgan fingerprint density at radius 2 is 2.00 bits per heavy atom. The molecule has 1 aromatic carbocycles. The first kappa shape index (κ1) is 15.9. The van der Waals surface area contributed by atoms with Gasteiger partial charge in [-0.3, -0.25) is 10.2 Å². The zero-order valence-corrected chi connectivity index (χ0v) is 13.6. The molecule has 4 heteroatoms. The van der Waals surface area contributed by atoms with Crippen molar-refractivity contribution in [1.82, 2.24) is 10.9 Å². The van der Waals surface area contributed by atoms with E-state index in [1.165, 1.54) is 0 Å².